The minimum absolute atomic E-state index is 0.0884. The molecule has 3 aromatic rings. The molecule has 0 bridgehead atoms. The number of carbonyl (C=O) groups excluding carboxylic acids is 1. The Morgan fingerprint density at radius 2 is 2.04 bits per heavy atom. The number of nitriles is 1. The SMILES string of the molecule is N#Cc1nc(C(N)=O)c(O)c2ccc(Oc3cc(F)ccc3Cl)cc12. The number of fused-ring (bicyclic) bond motifs is 1. The molecule has 25 heavy (non-hydrogen) atoms. The molecule has 0 spiro atoms. The van der Waals surface area contributed by atoms with E-state index in [1.54, 1.807) is 0 Å². The zero-order valence-corrected chi connectivity index (χ0v) is 13.2. The maximum absolute atomic E-state index is 13.3. The van der Waals surface area contributed by atoms with Gasteiger partial charge in [0.1, 0.15) is 29.1 Å². The van der Waals surface area contributed by atoms with Crippen molar-refractivity contribution in [2.24, 2.45) is 5.73 Å². The molecular weight excluding hydrogens is 349 g/mol. The number of hydrogen-bond donors (Lipinski definition) is 2. The Kier molecular flexibility index (Phi) is 4.13. The summed E-state index contributed by atoms with van der Waals surface area (Å²) in [7, 11) is 0. The van der Waals surface area contributed by atoms with Crippen molar-refractivity contribution in [3.05, 3.63) is 58.6 Å². The first-order valence-corrected chi connectivity index (χ1v) is 7.28. The van der Waals surface area contributed by atoms with Crippen LogP contribution in [0.2, 0.25) is 5.02 Å². The van der Waals surface area contributed by atoms with Crippen molar-refractivity contribution >= 4 is 28.3 Å². The summed E-state index contributed by atoms with van der Waals surface area (Å²) >= 11 is 5.96. The predicted octanol–water partition coefficient (Wildman–Crippen LogP) is 3.50. The summed E-state index contributed by atoms with van der Waals surface area (Å²) in [6, 6.07) is 9.81. The van der Waals surface area contributed by atoms with Crippen molar-refractivity contribution in [3.8, 4) is 23.3 Å². The Bertz CT molecular complexity index is 1060. The van der Waals surface area contributed by atoms with Crippen molar-refractivity contribution in [1.29, 1.82) is 5.26 Å². The third-order valence-electron chi connectivity index (χ3n) is 3.41. The van der Waals surface area contributed by atoms with Crippen LogP contribution in [0.15, 0.2) is 36.4 Å². The molecule has 1 amide bonds. The van der Waals surface area contributed by atoms with Gasteiger partial charge in [-0.05, 0) is 30.3 Å². The van der Waals surface area contributed by atoms with Gasteiger partial charge < -0.3 is 15.6 Å². The van der Waals surface area contributed by atoms with E-state index in [-0.39, 0.29) is 33.0 Å². The molecule has 8 heteroatoms. The van der Waals surface area contributed by atoms with Gasteiger partial charge in [0, 0.05) is 16.8 Å². The van der Waals surface area contributed by atoms with E-state index >= 15 is 0 Å². The number of ether oxygens (including phenoxy) is 1. The van der Waals surface area contributed by atoms with Crippen LogP contribution in [-0.4, -0.2) is 16.0 Å². The van der Waals surface area contributed by atoms with Gasteiger partial charge in [0.15, 0.2) is 11.4 Å². The normalized spacial score (nSPS) is 10.4. The third kappa shape index (κ3) is 3.03. The van der Waals surface area contributed by atoms with Crippen LogP contribution in [0, 0.1) is 17.1 Å². The number of pyridine rings is 1. The van der Waals surface area contributed by atoms with E-state index in [1.165, 1.54) is 30.3 Å². The smallest absolute Gasteiger partial charge is 0.271 e. The standard InChI is InChI=1S/C17H9ClFN3O3/c18-12-4-1-8(19)5-14(12)25-9-2-3-10-11(6-9)13(7-20)22-15(16(10)23)17(21)24/h1-6,23H,(H2,21,24). The van der Waals surface area contributed by atoms with Gasteiger partial charge in [0.05, 0.1) is 5.02 Å². The highest BCUT2D eigenvalue weighted by atomic mass is 35.5. The molecule has 0 saturated carbocycles. The molecule has 0 atom stereocenters. The Labute approximate surface area is 145 Å². The van der Waals surface area contributed by atoms with E-state index in [1.807, 2.05) is 6.07 Å². The molecule has 0 fully saturated rings. The first-order valence-electron chi connectivity index (χ1n) is 6.90. The van der Waals surface area contributed by atoms with Crippen molar-refractivity contribution in [3.63, 3.8) is 0 Å². The molecule has 0 aliphatic rings. The molecule has 0 radical (unpaired) electrons. The van der Waals surface area contributed by atoms with Crippen molar-refractivity contribution in [1.82, 2.24) is 4.98 Å². The number of primary amides is 1. The van der Waals surface area contributed by atoms with Crippen molar-refractivity contribution in [2.45, 2.75) is 0 Å². The lowest BCUT2D eigenvalue weighted by Crippen LogP contribution is -2.14. The fraction of sp³-hybridized carbons (Fsp3) is 0. The number of aromatic hydroxyl groups is 1. The average molecular weight is 358 g/mol. The molecular formula is C17H9ClFN3O3. The summed E-state index contributed by atoms with van der Waals surface area (Å²) in [6.07, 6.45) is 0. The Morgan fingerprint density at radius 1 is 1.28 bits per heavy atom. The van der Waals surface area contributed by atoms with Crippen LogP contribution in [0.25, 0.3) is 10.8 Å². The average Bonchev–Trinajstić information content (AvgIpc) is 2.58. The van der Waals surface area contributed by atoms with Crippen LogP contribution < -0.4 is 10.5 Å². The second kappa shape index (κ2) is 6.26. The Balaban J connectivity index is 2.14. The topological polar surface area (TPSA) is 109 Å². The minimum atomic E-state index is -0.956. The van der Waals surface area contributed by atoms with E-state index in [2.05, 4.69) is 4.98 Å². The summed E-state index contributed by atoms with van der Waals surface area (Å²) in [5.74, 6) is -1.59. The maximum Gasteiger partial charge on any atom is 0.271 e. The van der Waals surface area contributed by atoms with Crippen molar-refractivity contribution < 1.29 is 19.0 Å². The van der Waals surface area contributed by atoms with E-state index in [4.69, 9.17) is 22.1 Å². The Hall–Kier alpha value is -3.37. The van der Waals surface area contributed by atoms with E-state index in [0.717, 1.165) is 6.07 Å². The monoisotopic (exact) mass is 357 g/mol. The summed E-state index contributed by atoms with van der Waals surface area (Å²) in [5, 5.41) is 20.0. The van der Waals surface area contributed by atoms with Crippen LogP contribution in [0.3, 0.4) is 0 Å². The number of nitrogens with two attached hydrogens (primary N) is 1. The van der Waals surface area contributed by atoms with Gasteiger partial charge in [-0.2, -0.15) is 5.26 Å². The van der Waals surface area contributed by atoms with Crippen molar-refractivity contribution in [2.75, 3.05) is 0 Å². The summed E-state index contributed by atoms with van der Waals surface area (Å²) in [5.41, 5.74) is 4.64. The number of carbonyl (C=O) groups is 1. The number of amides is 1. The van der Waals surface area contributed by atoms with Crippen LogP contribution in [0.1, 0.15) is 16.2 Å². The zero-order valence-electron chi connectivity index (χ0n) is 12.5. The van der Waals surface area contributed by atoms with Gasteiger partial charge in [-0.15, -0.1) is 0 Å². The largest absolute Gasteiger partial charge is 0.505 e. The van der Waals surface area contributed by atoms with Crippen LogP contribution in [-0.2, 0) is 0 Å². The molecule has 1 heterocycles. The van der Waals surface area contributed by atoms with Crippen LogP contribution >= 0.6 is 11.6 Å². The molecule has 3 N–H and O–H groups in total. The Morgan fingerprint density at radius 3 is 2.72 bits per heavy atom. The number of halogens is 2. The van der Waals surface area contributed by atoms with Gasteiger partial charge in [-0.3, -0.25) is 4.79 Å². The van der Waals surface area contributed by atoms with Gasteiger partial charge in [-0.1, -0.05) is 11.6 Å². The lowest BCUT2D eigenvalue weighted by atomic mass is 10.1. The highest BCUT2D eigenvalue weighted by molar-refractivity contribution is 6.32. The van der Waals surface area contributed by atoms with Gasteiger partial charge in [0.25, 0.3) is 5.91 Å². The molecule has 124 valence electrons. The van der Waals surface area contributed by atoms with Gasteiger partial charge in [-0.25, -0.2) is 9.37 Å². The number of aromatic nitrogens is 1. The minimum Gasteiger partial charge on any atom is -0.505 e. The second-order valence-corrected chi connectivity index (χ2v) is 5.43. The number of benzene rings is 2. The molecule has 2 aromatic carbocycles. The maximum atomic E-state index is 13.3. The first-order chi connectivity index (χ1) is 11.9. The molecule has 3 rings (SSSR count). The fourth-order valence-corrected chi connectivity index (χ4v) is 2.44. The van der Waals surface area contributed by atoms with E-state index < -0.39 is 23.2 Å². The summed E-state index contributed by atoms with van der Waals surface area (Å²) < 4.78 is 18.9. The van der Waals surface area contributed by atoms with Gasteiger partial charge >= 0.3 is 0 Å². The van der Waals surface area contributed by atoms with E-state index in [0.29, 0.717) is 0 Å². The number of rotatable bonds is 3. The highest BCUT2D eigenvalue weighted by Gasteiger charge is 2.18. The van der Waals surface area contributed by atoms with Crippen LogP contribution in [0.4, 0.5) is 4.39 Å². The fourth-order valence-electron chi connectivity index (χ4n) is 2.28. The molecule has 6 nitrogen and oxygen atoms in total. The molecule has 0 unspecified atom stereocenters. The quantitative estimate of drug-likeness (QED) is 0.745. The molecule has 0 aliphatic carbocycles. The molecule has 1 aromatic heterocycles. The summed E-state index contributed by atoms with van der Waals surface area (Å²) in [4.78, 5) is 15.1. The predicted molar refractivity (Wildman–Crippen MR) is 88.1 cm³/mol. The molecule has 0 aliphatic heterocycles. The first kappa shape index (κ1) is 16.5. The second-order valence-electron chi connectivity index (χ2n) is 5.02. The lowest BCUT2D eigenvalue weighted by molar-refractivity contribution is 0.0993. The third-order valence-corrected chi connectivity index (χ3v) is 3.72. The van der Waals surface area contributed by atoms with Crippen LogP contribution in [0.5, 0.6) is 17.2 Å². The number of hydrogen-bond acceptors (Lipinski definition) is 5. The number of nitrogens with zero attached hydrogens (tertiary/aromatic N) is 2. The van der Waals surface area contributed by atoms with E-state index in [9.17, 15) is 19.6 Å². The molecule has 0 saturated heterocycles. The highest BCUT2D eigenvalue weighted by Crippen LogP contribution is 2.35. The summed E-state index contributed by atoms with van der Waals surface area (Å²) in [6.45, 7) is 0. The lowest BCUT2D eigenvalue weighted by Gasteiger charge is -2.11. The zero-order chi connectivity index (χ0) is 18.1. The van der Waals surface area contributed by atoms with Gasteiger partial charge in [0.2, 0.25) is 0 Å².